The monoisotopic (exact) mass is 428 g/mol. The summed E-state index contributed by atoms with van der Waals surface area (Å²) in [4.78, 5) is 12.7. The zero-order valence-corrected chi connectivity index (χ0v) is 17.3. The molecule has 0 atom stereocenters. The third-order valence-corrected chi connectivity index (χ3v) is 6.15. The quantitative estimate of drug-likeness (QED) is 0.618. The summed E-state index contributed by atoms with van der Waals surface area (Å²) in [6.45, 7) is 1.39. The molecule has 0 saturated heterocycles. The van der Waals surface area contributed by atoms with E-state index in [0.29, 0.717) is 17.1 Å². The summed E-state index contributed by atoms with van der Waals surface area (Å²) < 4.78 is 45.9. The van der Waals surface area contributed by atoms with Gasteiger partial charge in [0.05, 0.1) is 23.4 Å². The molecule has 1 N–H and O–H groups in total. The Morgan fingerprint density at radius 3 is 2.33 bits per heavy atom. The molecule has 0 aliphatic rings. The number of aryl methyl sites for hydroxylation is 1. The number of benzene rings is 3. The van der Waals surface area contributed by atoms with E-state index in [1.165, 1.54) is 19.2 Å². The van der Waals surface area contributed by atoms with Crippen LogP contribution in [0.2, 0.25) is 0 Å². The summed E-state index contributed by atoms with van der Waals surface area (Å²) in [7, 11) is -2.63. The summed E-state index contributed by atoms with van der Waals surface area (Å²) in [5.74, 6) is -0.639. The van der Waals surface area contributed by atoms with Gasteiger partial charge in [0.25, 0.3) is 10.0 Å². The van der Waals surface area contributed by atoms with Crippen LogP contribution in [0.15, 0.2) is 77.7 Å². The predicted octanol–water partition coefficient (Wildman–Crippen LogP) is 3.98. The fourth-order valence-electron chi connectivity index (χ4n) is 2.88. The molecule has 8 heteroatoms. The highest BCUT2D eigenvalue weighted by Crippen LogP contribution is 2.27. The van der Waals surface area contributed by atoms with Crippen molar-refractivity contribution >= 4 is 27.3 Å². The zero-order chi connectivity index (χ0) is 21.7. The lowest BCUT2D eigenvalue weighted by Crippen LogP contribution is -2.38. The van der Waals surface area contributed by atoms with Gasteiger partial charge < -0.3 is 10.1 Å². The molecule has 3 rings (SSSR count). The first-order chi connectivity index (χ1) is 14.3. The molecule has 6 nitrogen and oxygen atoms in total. The van der Waals surface area contributed by atoms with Crippen molar-refractivity contribution in [3.63, 3.8) is 0 Å². The van der Waals surface area contributed by atoms with Crippen LogP contribution in [0.5, 0.6) is 5.75 Å². The zero-order valence-electron chi connectivity index (χ0n) is 16.5. The average Bonchev–Trinajstić information content (AvgIpc) is 2.73. The Kier molecular flexibility index (Phi) is 6.37. The van der Waals surface area contributed by atoms with Crippen LogP contribution in [0.1, 0.15) is 5.56 Å². The molecule has 3 aromatic rings. The normalized spacial score (nSPS) is 11.0. The van der Waals surface area contributed by atoms with Crippen LogP contribution in [-0.2, 0) is 14.8 Å². The van der Waals surface area contributed by atoms with E-state index in [2.05, 4.69) is 5.32 Å². The fourth-order valence-corrected chi connectivity index (χ4v) is 4.30. The molecule has 0 aromatic heterocycles. The van der Waals surface area contributed by atoms with Crippen molar-refractivity contribution in [2.45, 2.75) is 11.8 Å². The van der Waals surface area contributed by atoms with Gasteiger partial charge in [-0.2, -0.15) is 0 Å². The highest BCUT2D eigenvalue weighted by Gasteiger charge is 2.27. The predicted molar refractivity (Wildman–Crippen MR) is 114 cm³/mol. The number of hydrogen-bond donors (Lipinski definition) is 1. The Morgan fingerprint density at radius 2 is 1.70 bits per heavy atom. The van der Waals surface area contributed by atoms with Gasteiger partial charge in [0.2, 0.25) is 5.91 Å². The number of amides is 1. The van der Waals surface area contributed by atoms with Crippen LogP contribution in [0.25, 0.3) is 0 Å². The number of ether oxygens (including phenoxy) is 1. The molecule has 0 aliphatic carbocycles. The van der Waals surface area contributed by atoms with Gasteiger partial charge in [0, 0.05) is 0 Å². The maximum atomic E-state index is 13.3. The molecule has 30 heavy (non-hydrogen) atoms. The van der Waals surface area contributed by atoms with E-state index in [1.807, 2.05) is 13.0 Å². The number of anilines is 2. The summed E-state index contributed by atoms with van der Waals surface area (Å²) >= 11 is 0. The molecule has 0 aliphatic heterocycles. The van der Waals surface area contributed by atoms with E-state index < -0.39 is 28.3 Å². The van der Waals surface area contributed by atoms with Crippen molar-refractivity contribution in [3.05, 3.63) is 84.2 Å². The number of sulfonamides is 1. The van der Waals surface area contributed by atoms with Crippen molar-refractivity contribution in [1.82, 2.24) is 0 Å². The van der Waals surface area contributed by atoms with Gasteiger partial charge in [-0.25, -0.2) is 12.8 Å². The first-order valence-electron chi connectivity index (χ1n) is 9.09. The number of nitrogens with zero attached hydrogens (tertiary/aromatic N) is 1. The van der Waals surface area contributed by atoms with E-state index in [0.717, 1.165) is 22.0 Å². The molecular weight excluding hydrogens is 407 g/mol. The lowest BCUT2D eigenvalue weighted by Gasteiger charge is -2.24. The number of para-hydroxylation sites is 1. The Hall–Kier alpha value is -3.39. The Balaban J connectivity index is 1.93. The van der Waals surface area contributed by atoms with Crippen LogP contribution < -0.4 is 14.4 Å². The molecule has 0 saturated carbocycles. The SMILES string of the molecule is COc1ccc(C)cc1NC(=O)CN(c1ccccc1)S(=O)(=O)c1ccc(F)cc1. The van der Waals surface area contributed by atoms with Crippen LogP contribution in [0.3, 0.4) is 0 Å². The van der Waals surface area contributed by atoms with Gasteiger partial charge in [0.1, 0.15) is 18.1 Å². The molecular formula is C22H21FN2O4S. The smallest absolute Gasteiger partial charge is 0.264 e. The van der Waals surface area contributed by atoms with Crippen molar-refractivity contribution in [2.75, 3.05) is 23.3 Å². The van der Waals surface area contributed by atoms with E-state index >= 15 is 0 Å². The minimum absolute atomic E-state index is 0.117. The first kappa shape index (κ1) is 21.3. The number of nitrogens with one attached hydrogen (secondary N) is 1. The second-order valence-electron chi connectivity index (χ2n) is 6.55. The second-order valence-corrected chi connectivity index (χ2v) is 8.42. The summed E-state index contributed by atoms with van der Waals surface area (Å²) in [6, 6.07) is 18.0. The second kappa shape index (κ2) is 8.96. The van der Waals surface area contributed by atoms with Crippen LogP contribution in [0, 0.1) is 12.7 Å². The van der Waals surface area contributed by atoms with Gasteiger partial charge in [-0.05, 0) is 61.0 Å². The number of rotatable bonds is 7. The molecule has 0 fully saturated rings. The third kappa shape index (κ3) is 4.77. The minimum atomic E-state index is -4.11. The molecule has 0 spiro atoms. The van der Waals surface area contributed by atoms with Crippen LogP contribution in [0.4, 0.5) is 15.8 Å². The van der Waals surface area contributed by atoms with Gasteiger partial charge in [-0.3, -0.25) is 9.10 Å². The maximum absolute atomic E-state index is 13.3. The van der Waals surface area contributed by atoms with E-state index in [4.69, 9.17) is 4.74 Å². The summed E-state index contributed by atoms with van der Waals surface area (Å²) in [5, 5.41) is 2.71. The number of carbonyl (C=O) groups excluding carboxylic acids is 1. The highest BCUT2D eigenvalue weighted by molar-refractivity contribution is 7.92. The van der Waals surface area contributed by atoms with Gasteiger partial charge >= 0.3 is 0 Å². The third-order valence-electron chi connectivity index (χ3n) is 4.36. The van der Waals surface area contributed by atoms with Crippen molar-refractivity contribution in [3.8, 4) is 5.75 Å². The molecule has 0 unspecified atom stereocenters. The summed E-state index contributed by atoms with van der Waals surface area (Å²) in [6.07, 6.45) is 0. The fraction of sp³-hybridized carbons (Fsp3) is 0.136. The maximum Gasteiger partial charge on any atom is 0.264 e. The standard InChI is InChI=1S/C22H21FN2O4S/c1-16-8-13-21(29-2)20(14-16)24-22(26)15-25(18-6-4-3-5-7-18)30(27,28)19-11-9-17(23)10-12-19/h3-14H,15H2,1-2H3,(H,24,26). The molecule has 3 aromatic carbocycles. The Labute approximate surface area is 175 Å². The van der Waals surface area contributed by atoms with Gasteiger partial charge in [-0.15, -0.1) is 0 Å². The van der Waals surface area contributed by atoms with Gasteiger partial charge in [-0.1, -0.05) is 24.3 Å². The summed E-state index contributed by atoms with van der Waals surface area (Å²) in [5.41, 5.74) is 1.66. The Morgan fingerprint density at radius 1 is 1.03 bits per heavy atom. The first-order valence-corrected chi connectivity index (χ1v) is 10.5. The largest absolute Gasteiger partial charge is 0.495 e. The molecule has 1 amide bonds. The van der Waals surface area contributed by atoms with Crippen molar-refractivity contribution in [2.24, 2.45) is 0 Å². The van der Waals surface area contributed by atoms with Crippen LogP contribution in [-0.4, -0.2) is 28.0 Å². The van der Waals surface area contributed by atoms with Gasteiger partial charge in [0.15, 0.2) is 0 Å². The molecule has 0 bridgehead atoms. The van der Waals surface area contributed by atoms with Crippen LogP contribution >= 0.6 is 0 Å². The molecule has 0 radical (unpaired) electrons. The van der Waals surface area contributed by atoms with E-state index in [-0.39, 0.29) is 4.90 Å². The number of hydrogen-bond acceptors (Lipinski definition) is 4. The number of methoxy groups -OCH3 is 1. The minimum Gasteiger partial charge on any atom is -0.495 e. The van der Waals surface area contributed by atoms with E-state index in [9.17, 15) is 17.6 Å². The van der Waals surface area contributed by atoms with E-state index in [1.54, 1.807) is 42.5 Å². The molecule has 0 heterocycles. The topological polar surface area (TPSA) is 75.7 Å². The average molecular weight is 428 g/mol. The lowest BCUT2D eigenvalue weighted by molar-refractivity contribution is -0.114. The van der Waals surface area contributed by atoms with Crippen molar-refractivity contribution < 1.29 is 22.3 Å². The highest BCUT2D eigenvalue weighted by atomic mass is 32.2. The Bertz CT molecular complexity index is 1130. The number of carbonyl (C=O) groups is 1. The molecule has 156 valence electrons. The number of halogens is 1. The lowest BCUT2D eigenvalue weighted by atomic mass is 10.2. The van der Waals surface area contributed by atoms with Crippen molar-refractivity contribution in [1.29, 1.82) is 0 Å².